The van der Waals surface area contributed by atoms with Crippen LogP contribution < -0.4 is 5.32 Å². The van der Waals surface area contributed by atoms with Crippen molar-refractivity contribution in [1.82, 2.24) is 5.32 Å². The third kappa shape index (κ3) is 5300. The molecule has 124 valence electrons. The summed E-state index contributed by atoms with van der Waals surface area (Å²) in [6.07, 6.45) is 0. The molecule has 0 radical (unpaired) electrons. The normalized spacial score (nSPS) is 9.37. The summed E-state index contributed by atoms with van der Waals surface area (Å²) in [7, 11) is 3.75. The van der Waals surface area contributed by atoms with Crippen LogP contribution in [0, 0.1) is 5.92 Å². The minimum absolute atomic E-state index is 0.833. The van der Waals surface area contributed by atoms with Gasteiger partial charge in [-0.1, -0.05) is 34.6 Å². The van der Waals surface area contributed by atoms with E-state index in [1.165, 1.54) is 0 Å². The van der Waals surface area contributed by atoms with Crippen molar-refractivity contribution in [3.05, 3.63) is 0 Å². The van der Waals surface area contributed by atoms with Crippen molar-refractivity contribution in [2.24, 2.45) is 5.92 Å². The largest absolute Gasteiger partial charge is 0.325 e. The van der Waals surface area contributed by atoms with Crippen molar-refractivity contribution >= 4 is 37.1 Å². The lowest BCUT2D eigenvalue weighted by molar-refractivity contribution is 0.361. The lowest BCUT2D eigenvalue weighted by atomic mass is 10.3. The molecule has 0 atom stereocenters. The molecule has 0 heterocycles. The topological polar surface area (TPSA) is 133 Å². The summed E-state index contributed by atoms with van der Waals surface area (Å²) < 4.78 is 0. The first-order chi connectivity index (χ1) is 8.15. The van der Waals surface area contributed by atoms with Crippen LogP contribution in [0.1, 0.15) is 34.6 Å². The zero-order valence-electron chi connectivity index (χ0n) is 12.5. The average Bonchev–Trinajstić information content (AvgIpc) is 2.00. The highest BCUT2D eigenvalue weighted by molar-refractivity contribution is 8.06. The van der Waals surface area contributed by atoms with E-state index in [1.54, 1.807) is 0 Å². The Labute approximate surface area is 126 Å². The number of hydrogen-bond acceptors (Lipinski definition) is 3. The predicted molar refractivity (Wildman–Crippen MR) is 88.7 cm³/mol. The standard InChI is InChI=1S/C4H10.C2H7N.C2H6.2H3O3PS/c1-4(2)3;1-3-2;1-2;2*1-4(2,3)5/h4H,1-3H3;3H,1-2H3;1-2H3;2*(H3,1,2,3,5). The van der Waals surface area contributed by atoms with Crippen molar-refractivity contribution in [2.75, 3.05) is 14.1 Å². The van der Waals surface area contributed by atoms with Crippen molar-refractivity contribution in [3.63, 3.8) is 0 Å². The van der Waals surface area contributed by atoms with E-state index in [-0.39, 0.29) is 0 Å². The third-order valence-corrected chi connectivity index (χ3v) is 0. The molecule has 0 saturated carbocycles. The first-order valence-corrected chi connectivity index (χ1v) is 10.6. The second-order valence-electron chi connectivity index (χ2n) is 3.26. The molecule has 7 nitrogen and oxygen atoms in total. The van der Waals surface area contributed by atoms with E-state index < -0.39 is 13.4 Å². The van der Waals surface area contributed by atoms with Gasteiger partial charge in [0.15, 0.2) is 0 Å². The number of nitrogens with one attached hydrogen (secondary N) is 1. The minimum atomic E-state index is -3.81. The van der Waals surface area contributed by atoms with Gasteiger partial charge < -0.3 is 34.7 Å². The first-order valence-electron chi connectivity index (χ1n) is 5.30. The highest BCUT2D eigenvalue weighted by Crippen LogP contribution is 2.26. The molecule has 0 rings (SSSR count). The van der Waals surface area contributed by atoms with Crippen LogP contribution in [0.2, 0.25) is 0 Å². The molecule has 19 heavy (non-hydrogen) atoms. The minimum Gasteiger partial charge on any atom is -0.325 e. The molecular weight excluding hydrogens is 332 g/mol. The Morgan fingerprint density at radius 1 is 0.737 bits per heavy atom. The molecule has 0 aliphatic carbocycles. The third-order valence-electron chi connectivity index (χ3n) is 0. The van der Waals surface area contributed by atoms with Gasteiger partial charge >= 0.3 is 13.4 Å². The van der Waals surface area contributed by atoms with E-state index in [9.17, 15) is 0 Å². The summed E-state index contributed by atoms with van der Waals surface area (Å²) in [6, 6.07) is 0. The second kappa shape index (κ2) is 21.3. The van der Waals surface area contributed by atoms with Crippen molar-refractivity contribution < 1.29 is 29.4 Å². The summed E-state index contributed by atoms with van der Waals surface area (Å²) in [6.45, 7) is 2.89. The summed E-state index contributed by atoms with van der Waals surface area (Å²) in [5, 5.41) is 2.75. The van der Waals surface area contributed by atoms with Crippen LogP contribution in [0.4, 0.5) is 0 Å². The molecule has 0 amide bonds. The molecule has 0 spiro atoms. The lowest BCUT2D eigenvalue weighted by Gasteiger charge is -1.88. The highest BCUT2D eigenvalue weighted by Gasteiger charge is 1.92. The smallest absolute Gasteiger partial charge is 0.319 e. The van der Waals surface area contributed by atoms with Gasteiger partial charge in [-0.3, -0.25) is 0 Å². The Morgan fingerprint density at radius 2 is 0.737 bits per heavy atom. The Hall–Kier alpha value is 1.02. The summed E-state index contributed by atoms with van der Waals surface area (Å²) >= 11 is 7.21. The van der Waals surface area contributed by atoms with Gasteiger partial charge in [0, 0.05) is 0 Å². The van der Waals surface area contributed by atoms with E-state index >= 15 is 0 Å². The zero-order valence-corrected chi connectivity index (χ0v) is 15.9. The van der Waals surface area contributed by atoms with Gasteiger partial charge in [-0.2, -0.15) is 0 Å². The van der Waals surface area contributed by atoms with E-state index in [0.717, 1.165) is 5.92 Å². The van der Waals surface area contributed by atoms with Gasteiger partial charge in [0.25, 0.3) is 0 Å². The van der Waals surface area contributed by atoms with E-state index in [4.69, 9.17) is 29.4 Å². The van der Waals surface area contributed by atoms with Gasteiger partial charge in [0.2, 0.25) is 0 Å². The van der Waals surface area contributed by atoms with Crippen LogP contribution in [-0.4, -0.2) is 43.5 Å². The molecule has 0 aliphatic heterocycles. The second-order valence-corrected chi connectivity index (χ2v) is 8.25. The Balaban J connectivity index is -0.0000000446. The van der Waals surface area contributed by atoms with Gasteiger partial charge in [0.05, 0.1) is 0 Å². The van der Waals surface area contributed by atoms with Crippen LogP contribution in [0.25, 0.3) is 0 Å². The fraction of sp³-hybridized carbons (Fsp3) is 1.00. The van der Waals surface area contributed by atoms with E-state index in [0.29, 0.717) is 0 Å². The summed E-state index contributed by atoms with van der Waals surface area (Å²) in [4.78, 5) is 45.3. The van der Waals surface area contributed by atoms with Crippen LogP contribution >= 0.6 is 13.4 Å². The zero-order chi connectivity index (χ0) is 17.3. The fourth-order valence-electron chi connectivity index (χ4n) is 0. The maximum absolute atomic E-state index is 7.56. The predicted octanol–water partition coefficient (Wildman–Crippen LogP) is 0.900. The van der Waals surface area contributed by atoms with Crippen LogP contribution in [0.3, 0.4) is 0 Å². The van der Waals surface area contributed by atoms with Crippen LogP contribution in [0.15, 0.2) is 0 Å². The number of hydrogen-bond donors (Lipinski definition) is 7. The molecular formula is C8H29NO6P2S2. The molecule has 11 heteroatoms. The summed E-state index contributed by atoms with van der Waals surface area (Å²) in [5.74, 6) is 0.833. The van der Waals surface area contributed by atoms with Crippen LogP contribution in [-0.2, 0) is 23.6 Å². The summed E-state index contributed by atoms with van der Waals surface area (Å²) in [5.41, 5.74) is 0. The maximum Gasteiger partial charge on any atom is 0.319 e. The molecule has 7 N–H and O–H groups in total. The Kier molecular flexibility index (Phi) is 36.0. The van der Waals surface area contributed by atoms with Crippen molar-refractivity contribution in [2.45, 2.75) is 34.6 Å². The SMILES string of the molecule is CC.CC(C)C.CNC.OP(O)(O)=S.OP(O)(O)=S. The molecule has 0 aromatic carbocycles. The van der Waals surface area contributed by atoms with Gasteiger partial charge in [-0.05, 0) is 43.6 Å². The fourth-order valence-corrected chi connectivity index (χ4v) is 0. The lowest BCUT2D eigenvalue weighted by Crippen LogP contribution is -1.89. The molecule has 0 bridgehead atoms. The van der Waals surface area contributed by atoms with E-state index in [2.05, 4.69) is 49.7 Å². The molecule has 0 saturated heterocycles. The number of rotatable bonds is 0. The Bertz CT molecular complexity index is 192. The molecule has 0 aliphatic rings. The average molecular weight is 361 g/mol. The van der Waals surface area contributed by atoms with Crippen molar-refractivity contribution in [3.8, 4) is 0 Å². The van der Waals surface area contributed by atoms with Gasteiger partial charge in [-0.15, -0.1) is 0 Å². The molecule has 0 aromatic rings. The highest BCUT2D eigenvalue weighted by atomic mass is 32.5. The molecule has 0 aromatic heterocycles. The first kappa shape index (κ1) is 32.1. The molecule has 0 fully saturated rings. The monoisotopic (exact) mass is 361 g/mol. The quantitative estimate of drug-likeness (QED) is 0.314. The van der Waals surface area contributed by atoms with Gasteiger partial charge in [0.1, 0.15) is 0 Å². The van der Waals surface area contributed by atoms with Crippen LogP contribution in [0.5, 0.6) is 0 Å². The maximum atomic E-state index is 7.56. The molecule has 0 unspecified atom stereocenters. The Morgan fingerprint density at radius 3 is 0.737 bits per heavy atom. The van der Waals surface area contributed by atoms with Crippen molar-refractivity contribution in [1.29, 1.82) is 0 Å². The van der Waals surface area contributed by atoms with Gasteiger partial charge in [-0.25, -0.2) is 0 Å². The van der Waals surface area contributed by atoms with E-state index in [1.807, 2.05) is 27.9 Å².